The van der Waals surface area contributed by atoms with E-state index in [0.717, 1.165) is 11.1 Å². The average molecular weight is 493 g/mol. The number of ether oxygens (including phenoxy) is 1. The number of carbonyl (C=O) groups excluding carboxylic acids is 3. The van der Waals surface area contributed by atoms with Crippen molar-refractivity contribution < 1.29 is 24.2 Å². The van der Waals surface area contributed by atoms with Crippen LogP contribution < -0.4 is 10.6 Å². The highest BCUT2D eigenvalue weighted by Crippen LogP contribution is 2.19. The van der Waals surface area contributed by atoms with Gasteiger partial charge in [0.1, 0.15) is 12.5 Å². The predicted molar refractivity (Wildman–Crippen MR) is 140 cm³/mol. The van der Waals surface area contributed by atoms with Crippen LogP contribution in [-0.2, 0) is 25.5 Å². The second kappa shape index (κ2) is 15.3. The highest BCUT2D eigenvalue weighted by molar-refractivity contribution is 6.00. The molecule has 0 aliphatic rings. The van der Waals surface area contributed by atoms with Crippen molar-refractivity contribution in [3.63, 3.8) is 0 Å². The van der Waals surface area contributed by atoms with Crippen molar-refractivity contribution in [2.24, 2.45) is 11.8 Å². The molecule has 0 radical (unpaired) electrons. The highest BCUT2D eigenvalue weighted by Gasteiger charge is 2.29. The van der Waals surface area contributed by atoms with E-state index in [-0.39, 0.29) is 25.6 Å². The standard InChI is InChI=1S/C29H36N2O5/c1-4-12-24(18-22-14-8-6-9-15-22)29(35)36-20-26(23-16-10-7-11-17-23)31-28(34)25(13-5-2)27(33)30-21(3)19-32/h4-11,14-17,21,24-26,32H,1-2,12-13,18-20H2,3H3,(H,30,33)(H,31,34)/t21-,24-,25?,26+/m0/s1. The summed E-state index contributed by atoms with van der Waals surface area (Å²) in [6.45, 7) is 8.71. The zero-order valence-corrected chi connectivity index (χ0v) is 20.8. The Labute approximate surface area is 213 Å². The fraction of sp³-hybridized carbons (Fsp3) is 0.345. The van der Waals surface area contributed by atoms with Crippen molar-refractivity contribution in [2.75, 3.05) is 13.2 Å². The van der Waals surface area contributed by atoms with E-state index in [4.69, 9.17) is 4.74 Å². The van der Waals surface area contributed by atoms with Crippen molar-refractivity contribution in [3.05, 3.63) is 97.1 Å². The van der Waals surface area contributed by atoms with E-state index in [1.54, 1.807) is 13.0 Å². The number of hydrogen-bond acceptors (Lipinski definition) is 5. The lowest BCUT2D eigenvalue weighted by Crippen LogP contribution is -2.46. The van der Waals surface area contributed by atoms with Crippen LogP contribution >= 0.6 is 0 Å². The maximum absolute atomic E-state index is 13.1. The molecule has 2 aromatic rings. The molecule has 0 fully saturated rings. The summed E-state index contributed by atoms with van der Waals surface area (Å²) in [5, 5.41) is 14.7. The molecule has 192 valence electrons. The summed E-state index contributed by atoms with van der Waals surface area (Å²) in [4.78, 5) is 38.7. The van der Waals surface area contributed by atoms with Gasteiger partial charge in [-0.25, -0.2) is 0 Å². The number of nitrogens with one attached hydrogen (secondary N) is 2. The maximum Gasteiger partial charge on any atom is 0.309 e. The smallest absolute Gasteiger partial charge is 0.309 e. The van der Waals surface area contributed by atoms with Gasteiger partial charge in [0, 0.05) is 6.04 Å². The normalized spacial score (nSPS) is 13.9. The van der Waals surface area contributed by atoms with Gasteiger partial charge in [0.05, 0.1) is 18.6 Å². The second-order valence-corrected chi connectivity index (χ2v) is 8.68. The lowest BCUT2D eigenvalue weighted by Gasteiger charge is -2.24. The molecule has 0 saturated heterocycles. The minimum atomic E-state index is -1.04. The third-order valence-electron chi connectivity index (χ3n) is 5.72. The molecule has 0 aliphatic carbocycles. The molecule has 3 N–H and O–H groups in total. The average Bonchev–Trinajstić information content (AvgIpc) is 2.89. The first-order chi connectivity index (χ1) is 17.4. The minimum Gasteiger partial charge on any atom is -0.463 e. The molecule has 1 unspecified atom stereocenters. The van der Waals surface area contributed by atoms with Gasteiger partial charge >= 0.3 is 5.97 Å². The molecule has 36 heavy (non-hydrogen) atoms. The highest BCUT2D eigenvalue weighted by atomic mass is 16.5. The third kappa shape index (κ3) is 9.15. The van der Waals surface area contributed by atoms with Gasteiger partial charge in [0.15, 0.2) is 0 Å². The van der Waals surface area contributed by atoms with Crippen molar-refractivity contribution in [3.8, 4) is 0 Å². The number of allylic oxidation sites excluding steroid dienone is 2. The summed E-state index contributed by atoms with van der Waals surface area (Å²) in [5.41, 5.74) is 1.76. The van der Waals surface area contributed by atoms with E-state index in [9.17, 15) is 19.5 Å². The molecule has 2 aromatic carbocycles. The fourth-order valence-corrected chi connectivity index (χ4v) is 3.71. The summed E-state index contributed by atoms with van der Waals surface area (Å²) >= 11 is 0. The molecule has 0 saturated carbocycles. The summed E-state index contributed by atoms with van der Waals surface area (Å²) < 4.78 is 5.67. The van der Waals surface area contributed by atoms with Crippen LogP contribution in [-0.4, -0.2) is 42.1 Å². The van der Waals surface area contributed by atoms with Crippen molar-refractivity contribution >= 4 is 17.8 Å². The van der Waals surface area contributed by atoms with Gasteiger partial charge in [-0.1, -0.05) is 72.8 Å². The molecular weight excluding hydrogens is 456 g/mol. The van der Waals surface area contributed by atoms with Gasteiger partial charge in [-0.3, -0.25) is 14.4 Å². The first-order valence-corrected chi connectivity index (χ1v) is 12.1. The quantitative estimate of drug-likeness (QED) is 0.201. The minimum absolute atomic E-state index is 0.0908. The number of aliphatic hydroxyl groups excluding tert-OH is 1. The van der Waals surface area contributed by atoms with E-state index in [2.05, 4.69) is 23.8 Å². The fourth-order valence-electron chi connectivity index (χ4n) is 3.71. The van der Waals surface area contributed by atoms with Crippen LogP contribution in [0.1, 0.15) is 36.9 Å². The molecule has 0 heterocycles. The predicted octanol–water partition coefficient (Wildman–Crippen LogP) is 3.51. The first-order valence-electron chi connectivity index (χ1n) is 12.1. The Kier molecular flexibility index (Phi) is 12.1. The van der Waals surface area contributed by atoms with Gasteiger partial charge in [-0.2, -0.15) is 0 Å². The lowest BCUT2D eigenvalue weighted by atomic mass is 9.96. The van der Waals surface area contributed by atoms with Crippen molar-refractivity contribution in [1.82, 2.24) is 10.6 Å². The Morgan fingerprint density at radius 2 is 1.50 bits per heavy atom. The van der Waals surface area contributed by atoms with E-state index in [1.165, 1.54) is 6.08 Å². The zero-order chi connectivity index (χ0) is 26.3. The molecule has 0 spiro atoms. The largest absolute Gasteiger partial charge is 0.463 e. The number of aliphatic hydroxyl groups is 1. The lowest BCUT2D eigenvalue weighted by molar-refractivity contribution is -0.150. The number of carbonyl (C=O) groups is 3. The van der Waals surface area contributed by atoms with E-state index >= 15 is 0 Å². The number of hydrogen-bond donors (Lipinski definition) is 3. The first kappa shape index (κ1) is 28.5. The number of amides is 2. The van der Waals surface area contributed by atoms with Gasteiger partial charge in [0.2, 0.25) is 11.8 Å². The van der Waals surface area contributed by atoms with Gasteiger partial charge < -0.3 is 20.5 Å². The van der Waals surface area contributed by atoms with Gasteiger partial charge in [0.25, 0.3) is 0 Å². The van der Waals surface area contributed by atoms with E-state index in [0.29, 0.717) is 12.8 Å². The number of rotatable bonds is 15. The van der Waals surface area contributed by atoms with Crippen LogP contribution in [0.5, 0.6) is 0 Å². The van der Waals surface area contributed by atoms with Crippen LogP contribution in [0.25, 0.3) is 0 Å². The summed E-state index contributed by atoms with van der Waals surface area (Å²) in [7, 11) is 0. The number of benzene rings is 2. The molecule has 2 rings (SSSR count). The molecule has 0 bridgehead atoms. The Morgan fingerprint density at radius 3 is 2.08 bits per heavy atom. The summed E-state index contributed by atoms with van der Waals surface area (Å²) in [6.07, 6.45) is 4.28. The Bertz CT molecular complexity index is 993. The van der Waals surface area contributed by atoms with Crippen LogP contribution in [0, 0.1) is 11.8 Å². The molecule has 7 heteroatoms. The molecule has 2 amide bonds. The Morgan fingerprint density at radius 1 is 0.917 bits per heavy atom. The molecule has 4 atom stereocenters. The summed E-state index contributed by atoms with van der Waals surface area (Å²) in [5.74, 6) is -2.85. The monoisotopic (exact) mass is 492 g/mol. The molecule has 0 aliphatic heterocycles. The molecule has 0 aromatic heterocycles. The number of esters is 1. The Balaban J connectivity index is 2.14. The zero-order valence-electron chi connectivity index (χ0n) is 20.8. The Hall–Kier alpha value is -3.71. The molecular formula is C29H36N2O5. The third-order valence-corrected chi connectivity index (χ3v) is 5.72. The molecule has 7 nitrogen and oxygen atoms in total. The van der Waals surface area contributed by atoms with E-state index < -0.39 is 35.7 Å². The van der Waals surface area contributed by atoms with E-state index in [1.807, 2.05) is 60.7 Å². The van der Waals surface area contributed by atoms with Crippen LogP contribution in [0.2, 0.25) is 0 Å². The summed E-state index contributed by atoms with van der Waals surface area (Å²) in [6, 6.07) is 17.7. The van der Waals surface area contributed by atoms with Gasteiger partial charge in [-0.15, -0.1) is 13.2 Å². The van der Waals surface area contributed by atoms with Crippen LogP contribution in [0.15, 0.2) is 86.0 Å². The van der Waals surface area contributed by atoms with Crippen LogP contribution in [0.3, 0.4) is 0 Å². The van der Waals surface area contributed by atoms with Crippen molar-refractivity contribution in [1.29, 1.82) is 0 Å². The topological polar surface area (TPSA) is 105 Å². The maximum atomic E-state index is 13.1. The van der Waals surface area contributed by atoms with Crippen LogP contribution in [0.4, 0.5) is 0 Å². The van der Waals surface area contributed by atoms with Crippen molar-refractivity contribution in [2.45, 2.75) is 38.3 Å². The second-order valence-electron chi connectivity index (χ2n) is 8.68. The van der Waals surface area contributed by atoms with Gasteiger partial charge in [-0.05, 0) is 37.3 Å². The SMILES string of the molecule is C=CCC(C(=O)N[C@@H](C)CO)C(=O)N[C@H](COC(=O)[C@@H](CC=C)Cc1ccccc1)c1ccccc1.